The normalized spacial score (nSPS) is 13.7. The number of carbonyl (C=O) groups is 1. The second kappa shape index (κ2) is 9.21. The highest BCUT2D eigenvalue weighted by atomic mass is 32.2. The third-order valence-electron chi connectivity index (χ3n) is 5.25. The summed E-state index contributed by atoms with van der Waals surface area (Å²) < 4.78 is 24.7. The van der Waals surface area contributed by atoms with E-state index in [4.69, 9.17) is 4.98 Å². The van der Waals surface area contributed by atoms with Gasteiger partial charge in [0, 0.05) is 23.4 Å². The lowest BCUT2D eigenvalue weighted by Crippen LogP contribution is -2.24. The fourth-order valence-corrected chi connectivity index (χ4v) is 6.47. The minimum atomic E-state index is -3.29. The molecule has 0 radical (unpaired) electrons. The molecule has 7 nitrogen and oxygen atoms in total. The van der Waals surface area contributed by atoms with Crippen LogP contribution in [-0.2, 0) is 34.0 Å². The summed E-state index contributed by atoms with van der Waals surface area (Å²) in [6, 6.07) is 6.00. The van der Waals surface area contributed by atoms with Crippen LogP contribution in [0, 0.1) is 0 Å². The lowest BCUT2D eigenvalue weighted by Gasteiger charge is -2.12. The van der Waals surface area contributed by atoms with Gasteiger partial charge in [-0.25, -0.2) is 13.4 Å². The van der Waals surface area contributed by atoms with Crippen LogP contribution in [0.15, 0.2) is 51.8 Å². The van der Waals surface area contributed by atoms with Crippen molar-refractivity contribution in [2.45, 2.75) is 42.3 Å². The monoisotopic (exact) mass is 489 g/mol. The van der Waals surface area contributed by atoms with E-state index in [1.54, 1.807) is 34.1 Å². The van der Waals surface area contributed by atoms with E-state index in [1.807, 2.05) is 0 Å². The molecule has 1 N–H and O–H groups in total. The average molecular weight is 490 g/mol. The third-order valence-corrected chi connectivity index (χ3v) is 8.54. The third kappa shape index (κ3) is 4.67. The number of amides is 1. The van der Waals surface area contributed by atoms with Crippen molar-refractivity contribution in [1.82, 2.24) is 9.55 Å². The summed E-state index contributed by atoms with van der Waals surface area (Å²) in [6.07, 6.45) is 6.90. The zero-order chi connectivity index (χ0) is 22.9. The Hall–Kier alpha value is -2.43. The molecule has 3 aromatic rings. The Morgan fingerprint density at radius 3 is 2.69 bits per heavy atom. The van der Waals surface area contributed by atoms with E-state index in [2.05, 4.69) is 11.9 Å². The van der Waals surface area contributed by atoms with Gasteiger partial charge in [-0.15, -0.1) is 17.9 Å². The number of allylic oxidation sites excluding steroid dienone is 1. The lowest BCUT2D eigenvalue weighted by molar-refractivity contribution is -0.113. The molecule has 4 rings (SSSR count). The molecule has 1 aromatic carbocycles. The van der Waals surface area contributed by atoms with Gasteiger partial charge in [-0.05, 0) is 55.5 Å². The predicted octanol–water partition coefficient (Wildman–Crippen LogP) is 3.66. The van der Waals surface area contributed by atoms with Crippen LogP contribution in [0.5, 0.6) is 0 Å². The molecule has 2 heterocycles. The van der Waals surface area contributed by atoms with Gasteiger partial charge in [-0.1, -0.05) is 17.8 Å². The van der Waals surface area contributed by atoms with Crippen molar-refractivity contribution < 1.29 is 13.2 Å². The van der Waals surface area contributed by atoms with Gasteiger partial charge in [0.05, 0.1) is 16.0 Å². The highest BCUT2D eigenvalue weighted by Crippen LogP contribution is 2.34. The van der Waals surface area contributed by atoms with Gasteiger partial charge in [0.1, 0.15) is 4.83 Å². The topological polar surface area (TPSA) is 98.1 Å². The molecule has 0 bridgehead atoms. The second-order valence-electron chi connectivity index (χ2n) is 7.62. The summed E-state index contributed by atoms with van der Waals surface area (Å²) in [6.45, 7) is 4.08. The molecule has 1 aliphatic carbocycles. The number of aromatic nitrogens is 2. The molecule has 32 heavy (non-hydrogen) atoms. The van der Waals surface area contributed by atoms with Crippen LogP contribution >= 0.6 is 23.1 Å². The molecule has 0 saturated carbocycles. The Morgan fingerprint density at radius 1 is 1.28 bits per heavy atom. The highest BCUT2D eigenvalue weighted by Gasteiger charge is 2.22. The molecule has 0 fully saturated rings. The van der Waals surface area contributed by atoms with Crippen molar-refractivity contribution in [3.8, 4) is 0 Å². The van der Waals surface area contributed by atoms with Crippen LogP contribution < -0.4 is 10.9 Å². The first-order valence-corrected chi connectivity index (χ1v) is 13.9. The molecule has 0 spiro atoms. The number of nitrogens with one attached hydrogen (secondary N) is 1. The first kappa shape index (κ1) is 22.8. The summed E-state index contributed by atoms with van der Waals surface area (Å²) >= 11 is 2.78. The number of thioether (sulfide) groups is 1. The van der Waals surface area contributed by atoms with Crippen LogP contribution in [-0.4, -0.2) is 35.9 Å². The largest absolute Gasteiger partial charge is 0.325 e. The summed E-state index contributed by atoms with van der Waals surface area (Å²) in [4.78, 5) is 32.6. The number of thiophene rings is 1. The molecule has 0 aliphatic heterocycles. The molecular formula is C22H23N3O4S3. The van der Waals surface area contributed by atoms with Gasteiger partial charge < -0.3 is 5.32 Å². The fraction of sp³-hybridized carbons (Fsp3) is 0.318. The minimum absolute atomic E-state index is 0.0635. The molecule has 0 unspecified atom stereocenters. The number of sulfone groups is 1. The van der Waals surface area contributed by atoms with Crippen molar-refractivity contribution in [3.05, 3.63) is 57.7 Å². The maximum atomic E-state index is 13.2. The van der Waals surface area contributed by atoms with E-state index in [1.165, 1.54) is 28.8 Å². The molecule has 168 valence electrons. The number of aryl methyl sites for hydroxylation is 2. The van der Waals surface area contributed by atoms with Crippen molar-refractivity contribution >= 4 is 54.7 Å². The molecule has 1 amide bonds. The van der Waals surface area contributed by atoms with E-state index < -0.39 is 9.84 Å². The number of fused-ring (bicyclic) bond motifs is 3. The zero-order valence-corrected chi connectivity index (χ0v) is 20.0. The Balaban J connectivity index is 1.54. The maximum Gasteiger partial charge on any atom is 0.263 e. The van der Waals surface area contributed by atoms with Crippen molar-refractivity contribution in [1.29, 1.82) is 0 Å². The van der Waals surface area contributed by atoms with E-state index >= 15 is 0 Å². The van der Waals surface area contributed by atoms with Crippen molar-refractivity contribution in [3.63, 3.8) is 0 Å². The number of rotatable bonds is 7. The Bertz CT molecular complexity index is 1360. The van der Waals surface area contributed by atoms with Gasteiger partial charge >= 0.3 is 0 Å². The number of hydrogen-bond acceptors (Lipinski definition) is 7. The van der Waals surface area contributed by atoms with Gasteiger partial charge in [0.2, 0.25) is 5.91 Å². The number of anilines is 1. The average Bonchev–Trinajstić information content (AvgIpc) is 3.13. The molecule has 10 heteroatoms. The molecule has 1 aliphatic rings. The maximum absolute atomic E-state index is 13.2. The van der Waals surface area contributed by atoms with Gasteiger partial charge in [-0.2, -0.15) is 0 Å². The molecule has 2 aromatic heterocycles. The van der Waals surface area contributed by atoms with Gasteiger partial charge in [-0.3, -0.25) is 14.2 Å². The first-order chi connectivity index (χ1) is 15.3. The minimum Gasteiger partial charge on any atom is -0.325 e. The summed E-state index contributed by atoms with van der Waals surface area (Å²) in [5, 5.41) is 3.95. The standard InChI is InChI=1S/C22H23N3O4S3/c1-3-12-25-21(27)19-16-6-4-5-7-17(16)31-20(19)24-22(25)30-13-18(26)23-14-8-10-15(11-9-14)32(2,28)29/h3,8-11H,1,4-7,12-13H2,2H3,(H,23,26). The second-order valence-corrected chi connectivity index (χ2v) is 11.7. The number of nitrogens with zero attached hydrogens (tertiary/aromatic N) is 2. The molecule has 0 atom stereocenters. The number of benzene rings is 1. The summed E-state index contributed by atoms with van der Waals surface area (Å²) in [5.74, 6) is -0.208. The van der Waals surface area contributed by atoms with Gasteiger partial charge in [0.25, 0.3) is 5.56 Å². The smallest absolute Gasteiger partial charge is 0.263 e. The van der Waals surface area contributed by atoms with E-state index in [9.17, 15) is 18.0 Å². The highest BCUT2D eigenvalue weighted by molar-refractivity contribution is 7.99. The Labute approximate surface area is 194 Å². The summed E-state index contributed by atoms with van der Waals surface area (Å²) in [5.41, 5.74) is 1.56. The predicted molar refractivity (Wildman–Crippen MR) is 130 cm³/mol. The van der Waals surface area contributed by atoms with Crippen LogP contribution in [0.4, 0.5) is 5.69 Å². The van der Waals surface area contributed by atoms with E-state index in [0.717, 1.165) is 42.3 Å². The van der Waals surface area contributed by atoms with Crippen LogP contribution in [0.2, 0.25) is 0 Å². The number of hydrogen-bond donors (Lipinski definition) is 1. The van der Waals surface area contributed by atoms with Crippen LogP contribution in [0.25, 0.3) is 10.2 Å². The Kier molecular flexibility index (Phi) is 6.55. The summed E-state index contributed by atoms with van der Waals surface area (Å²) in [7, 11) is -3.29. The van der Waals surface area contributed by atoms with Crippen LogP contribution in [0.3, 0.4) is 0 Å². The van der Waals surface area contributed by atoms with Crippen LogP contribution in [0.1, 0.15) is 23.3 Å². The Morgan fingerprint density at radius 2 is 2.00 bits per heavy atom. The van der Waals surface area contributed by atoms with Crippen molar-refractivity contribution in [2.24, 2.45) is 0 Å². The zero-order valence-electron chi connectivity index (χ0n) is 17.6. The lowest BCUT2D eigenvalue weighted by atomic mass is 9.97. The number of carbonyl (C=O) groups excluding carboxylic acids is 1. The quantitative estimate of drug-likeness (QED) is 0.309. The fourth-order valence-electron chi connectivity index (χ4n) is 3.73. The first-order valence-electron chi connectivity index (χ1n) is 10.2. The SMILES string of the molecule is C=CCn1c(SCC(=O)Nc2ccc(S(C)(=O)=O)cc2)nc2sc3c(c2c1=O)CCCC3. The molecular weight excluding hydrogens is 466 g/mol. The van der Waals surface area contributed by atoms with Crippen molar-refractivity contribution in [2.75, 3.05) is 17.3 Å². The molecule has 0 saturated heterocycles. The van der Waals surface area contributed by atoms with E-state index in [0.29, 0.717) is 22.8 Å². The van der Waals surface area contributed by atoms with Gasteiger partial charge in [0.15, 0.2) is 15.0 Å². The van der Waals surface area contributed by atoms with E-state index in [-0.39, 0.29) is 22.1 Å².